The second kappa shape index (κ2) is 8.22. The largest absolute Gasteiger partial charge is 0.465 e. The molecule has 4 rings (SSSR count). The van der Waals surface area contributed by atoms with Crippen molar-refractivity contribution in [2.24, 2.45) is 5.92 Å². The molecule has 3 aliphatic heterocycles. The molecule has 4 amide bonds. The smallest absolute Gasteiger partial charge is 0.407 e. The number of imide groups is 1. The molecule has 2 N–H and O–H groups in total. The number of fused-ring (bicyclic) bond motifs is 1. The average molecular weight is 442 g/mol. The highest BCUT2D eigenvalue weighted by Gasteiger charge is 2.43. The second-order valence-corrected chi connectivity index (χ2v) is 10.0. The summed E-state index contributed by atoms with van der Waals surface area (Å²) in [5, 5.41) is 12.0. The third-order valence-electron chi connectivity index (χ3n) is 7.14. The van der Waals surface area contributed by atoms with Crippen LogP contribution in [0.25, 0.3) is 0 Å². The van der Waals surface area contributed by atoms with E-state index in [0.29, 0.717) is 31.0 Å². The van der Waals surface area contributed by atoms with Crippen LogP contribution >= 0.6 is 0 Å². The van der Waals surface area contributed by atoms with Crippen molar-refractivity contribution in [1.82, 2.24) is 15.1 Å². The Balaban J connectivity index is 1.55. The highest BCUT2D eigenvalue weighted by atomic mass is 16.4. The first-order chi connectivity index (χ1) is 15.1. The van der Waals surface area contributed by atoms with Crippen molar-refractivity contribution in [3.05, 3.63) is 34.9 Å². The fourth-order valence-electron chi connectivity index (χ4n) is 5.83. The van der Waals surface area contributed by atoms with Crippen molar-refractivity contribution in [2.75, 3.05) is 6.54 Å². The van der Waals surface area contributed by atoms with E-state index in [0.717, 1.165) is 30.4 Å². The Labute approximate surface area is 187 Å². The Morgan fingerprint density at radius 2 is 2.00 bits per heavy atom. The topological polar surface area (TPSA) is 107 Å². The number of hydrogen-bond donors (Lipinski definition) is 2. The number of benzene rings is 1. The van der Waals surface area contributed by atoms with E-state index < -0.39 is 23.6 Å². The predicted octanol–water partition coefficient (Wildman–Crippen LogP) is 3.11. The van der Waals surface area contributed by atoms with E-state index in [-0.39, 0.29) is 24.2 Å². The van der Waals surface area contributed by atoms with Crippen molar-refractivity contribution >= 4 is 23.8 Å². The van der Waals surface area contributed by atoms with Crippen LogP contribution in [0.3, 0.4) is 0 Å². The lowest BCUT2D eigenvalue weighted by atomic mass is 9.74. The molecule has 0 spiro atoms. The van der Waals surface area contributed by atoms with Gasteiger partial charge in [0, 0.05) is 30.6 Å². The molecule has 2 saturated heterocycles. The van der Waals surface area contributed by atoms with Crippen molar-refractivity contribution in [3.63, 3.8) is 0 Å². The number of carboxylic acid groups (broad SMARTS) is 1. The summed E-state index contributed by atoms with van der Waals surface area (Å²) in [5.41, 5.74) is 2.17. The van der Waals surface area contributed by atoms with Crippen molar-refractivity contribution < 1.29 is 24.3 Å². The maximum atomic E-state index is 12.9. The molecule has 3 aliphatic rings. The summed E-state index contributed by atoms with van der Waals surface area (Å²) >= 11 is 0. The summed E-state index contributed by atoms with van der Waals surface area (Å²) < 4.78 is 0. The molecule has 8 nitrogen and oxygen atoms in total. The molecule has 0 aromatic heterocycles. The molecule has 2 fully saturated rings. The van der Waals surface area contributed by atoms with Gasteiger partial charge in [0.25, 0.3) is 5.91 Å². The van der Waals surface area contributed by atoms with Crippen LogP contribution in [0.1, 0.15) is 80.3 Å². The van der Waals surface area contributed by atoms with Gasteiger partial charge in [0.2, 0.25) is 11.8 Å². The lowest BCUT2D eigenvalue weighted by molar-refractivity contribution is -0.136. The normalized spacial score (nSPS) is 28.2. The first-order valence-corrected chi connectivity index (χ1v) is 11.4. The minimum absolute atomic E-state index is 0.175. The van der Waals surface area contributed by atoms with Crippen molar-refractivity contribution in [2.45, 2.75) is 76.9 Å². The first kappa shape index (κ1) is 22.3. The maximum absolute atomic E-state index is 12.9. The molecular formula is C24H31N3O5. The quantitative estimate of drug-likeness (QED) is 0.698. The summed E-state index contributed by atoms with van der Waals surface area (Å²) in [6, 6.07) is 5.24. The van der Waals surface area contributed by atoms with Gasteiger partial charge < -0.3 is 14.9 Å². The minimum Gasteiger partial charge on any atom is -0.465 e. The van der Waals surface area contributed by atoms with Gasteiger partial charge >= 0.3 is 6.09 Å². The molecule has 172 valence electrons. The highest BCUT2D eigenvalue weighted by molar-refractivity contribution is 6.05. The number of piperidine rings is 2. The molecular weight excluding hydrogens is 410 g/mol. The molecule has 3 heterocycles. The number of rotatable bonds is 4. The SMILES string of the molecule is CC(C)C[C@@]1(C)CC(c2ccc3c(c2)CN(C2CCC(=O)NC2=O)C3=O)CCN1C(=O)O. The number of likely N-dealkylation sites (tertiary alicyclic amines) is 1. The van der Waals surface area contributed by atoms with Crippen LogP contribution in [0, 0.1) is 5.92 Å². The van der Waals surface area contributed by atoms with Gasteiger partial charge in [0.1, 0.15) is 6.04 Å². The Morgan fingerprint density at radius 3 is 2.66 bits per heavy atom. The number of amides is 4. The van der Waals surface area contributed by atoms with E-state index in [1.54, 1.807) is 9.80 Å². The summed E-state index contributed by atoms with van der Waals surface area (Å²) in [7, 11) is 0. The number of carbonyl (C=O) groups is 4. The summed E-state index contributed by atoms with van der Waals surface area (Å²) in [6.07, 6.45) is 1.98. The monoisotopic (exact) mass is 441 g/mol. The van der Waals surface area contributed by atoms with Crippen LogP contribution in [-0.2, 0) is 16.1 Å². The van der Waals surface area contributed by atoms with Gasteiger partial charge in [0.05, 0.1) is 0 Å². The van der Waals surface area contributed by atoms with Gasteiger partial charge in [-0.25, -0.2) is 4.79 Å². The Morgan fingerprint density at radius 1 is 1.25 bits per heavy atom. The van der Waals surface area contributed by atoms with Gasteiger partial charge in [0.15, 0.2) is 0 Å². The zero-order chi connectivity index (χ0) is 23.2. The Hall–Kier alpha value is -2.90. The molecule has 1 aromatic carbocycles. The molecule has 0 aliphatic carbocycles. The van der Waals surface area contributed by atoms with E-state index >= 15 is 0 Å². The molecule has 3 atom stereocenters. The fraction of sp³-hybridized carbons (Fsp3) is 0.583. The number of carbonyl (C=O) groups excluding carboxylic acids is 3. The predicted molar refractivity (Wildman–Crippen MR) is 117 cm³/mol. The standard InChI is InChI=1S/C24H31N3O5/c1-14(2)11-24(3)12-16(8-9-27(24)23(31)32)15-4-5-18-17(10-15)13-26(22(18)30)19-6-7-20(28)25-21(19)29/h4-5,10,14,16,19H,6-9,11-13H2,1-3H3,(H,31,32)(H,25,28,29)/t16?,19?,24-/m0/s1. The molecule has 32 heavy (non-hydrogen) atoms. The number of hydrogen-bond acceptors (Lipinski definition) is 4. The van der Waals surface area contributed by atoms with Crippen LogP contribution < -0.4 is 5.32 Å². The van der Waals surface area contributed by atoms with Gasteiger partial charge in [-0.2, -0.15) is 0 Å². The van der Waals surface area contributed by atoms with Crippen LogP contribution in [0.2, 0.25) is 0 Å². The zero-order valence-corrected chi connectivity index (χ0v) is 18.9. The van der Waals surface area contributed by atoms with Crippen LogP contribution in [0.15, 0.2) is 18.2 Å². The summed E-state index contributed by atoms with van der Waals surface area (Å²) in [4.78, 5) is 51.7. The van der Waals surface area contributed by atoms with Gasteiger partial charge in [-0.3, -0.25) is 19.7 Å². The van der Waals surface area contributed by atoms with E-state index in [9.17, 15) is 24.3 Å². The maximum Gasteiger partial charge on any atom is 0.407 e. The van der Waals surface area contributed by atoms with E-state index in [1.165, 1.54) is 0 Å². The van der Waals surface area contributed by atoms with Crippen LogP contribution in [0.4, 0.5) is 4.79 Å². The molecule has 0 radical (unpaired) electrons. The lowest BCUT2D eigenvalue weighted by Crippen LogP contribution is -2.54. The van der Waals surface area contributed by atoms with Gasteiger partial charge in [-0.05, 0) is 61.6 Å². The second-order valence-electron chi connectivity index (χ2n) is 10.0. The fourth-order valence-corrected chi connectivity index (χ4v) is 5.83. The molecule has 1 aromatic rings. The summed E-state index contributed by atoms with van der Waals surface area (Å²) in [5.74, 6) is -0.297. The average Bonchev–Trinajstić information content (AvgIpc) is 3.02. The Kier molecular flexibility index (Phi) is 5.73. The lowest BCUT2D eigenvalue weighted by Gasteiger charge is -2.47. The first-order valence-electron chi connectivity index (χ1n) is 11.4. The van der Waals surface area contributed by atoms with E-state index in [1.807, 2.05) is 19.1 Å². The van der Waals surface area contributed by atoms with E-state index in [2.05, 4.69) is 25.2 Å². The number of nitrogens with zero attached hydrogens (tertiary/aromatic N) is 2. The number of nitrogens with one attached hydrogen (secondary N) is 1. The zero-order valence-electron chi connectivity index (χ0n) is 18.9. The molecule has 0 bridgehead atoms. The third kappa shape index (κ3) is 3.98. The van der Waals surface area contributed by atoms with Crippen LogP contribution in [-0.4, -0.2) is 56.8 Å². The van der Waals surface area contributed by atoms with Crippen molar-refractivity contribution in [3.8, 4) is 0 Å². The van der Waals surface area contributed by atoms with Crippen LogP contribution in [0.5, 0.6) is 0 Å². The molecule has 0 saturated carbocycles. The highest BCUT2D eigenvalue weighted by Crippen LogP contribution is 2.42. The minimum atomic E-state index is -0.869. The van der Waals surface area contributed by atoms with E-state index in [4.69, 9.17) is 0 Å². The van der Waals surface area contributed by atoms with Crippen molar-refractivity contribution in [1.29, 1.82) is 0 Å². The molecule has 8 heteroatoms. The van der Waals surface area contributed by atoms with Gasteiger partial charge in [-0.15, -0.1) is 0 Å². The third-order valence-corrected chi connectivity index (χ3v) is 7.14. The summed E-state index contributed by atoms with van der Waals surface area (Å²) in [6.45, 7) is 7.10. The molecule has 2 unspecified atom stereocenters. The van der Waals surface area contributed by atoms with Gasteiger partial charge in [-0.1, -0.05) is 26.0 Å². The Bertz CT molecular complexity index is 974.